The Morgan fingerprint density at radius 3 is 2.22 bits per heavy atom. The molecule has 2 rings (SSSR count). The predicted octanol–water partition coefficient (Wildman–Crippen LogP) is 4.06. The number of carbonyl (C=O) groups is 1. The smallest absolute Gasteiger partial charge is 0.230 e. The lowest BCUT2D eigenvalue weighted by atomic mass is 9.92. The first-order valence-corrected chi connectivity index (χ1v) is 8.49. The first kappa shape index (κ1) is 17.2. The predicted molar refractivity (Wildman–Crippen MR) is 94.3 cm³/mol. The molecule has 122 valence electrons. The molecule has 2 aromatic rings. The van der Waals surface area contributed by atoms with Crippen molar-refractivity contribution in [1.29, 1.82) is 0 Å². The molecule has 3 nitrogen and oxygen atoms in total. The molecule has 0 saturated carbocycles. The van der Waals surface area contributed by atoms with E-state index < -0.39 is 0 Å². The fourth-order valence-electron chi connectivity index (χ4n) is 2.85. The van der Waals surface area contributed by atoms with Crippen LogP contribution in [0.4, 0.5) is 0 Å². The van der Waals surface area contributed by atoms with Crippen LogP contribution in [0.15, 0.2) is 54.7 Å². The van der Waals surface area contributed by atoms with Crippen molar-refractivity contribution in [2.24, 2.45) is 0 Å². The molecule has 0 N–H and O–H groups in total. The Labute approximate surface area is 139 Å². The van der Waals surface area contributed by atoms with Crippen LogP contribution in [0.2, 0.25) is 0 Å². The van der Waals surface area contributed by atoms with Crippen LogP contribution in [0.3, 0.4) is 0 Å². The Morgan fingerprint density at radius 2 is 1.65 bits per heavy atom. The average Bonchev–Trinajstić information content (AvgIpc) is 2.60. The highest BCUT2D eigenvalue weighted by atomic mass is 16.2. The molecule has 1 heterocycles. The third kappa shape index (κ3) is 4.92. The van der Waals surface area contributed by atoms with E-state index in [0.29, 0.717) is 6.42 Å². The molecule has 1 amide bonds. The van der Waals surface area contributed by atoms with Crippen LogP contribution in [0, 0.1) is 0 Å². The minimum atomic E-state index is -0.163. The Hall–Kier alpha value is -2.16. The zero-order valence-electron chi connectivity index (χ0n) is 14.1. The van der Waals surface area contributed by atoms with E-state index in [0.717, 1.165) is 37.2 Å². The van der Waals surface area contributed by atoms with E-state index in [1.807, 2.05) is 53.4 Å². The number of rotatable bonds is 8. The van der Waals surface area contributed by atoms with E-state index in [1.165, 1.54) is 0 Å². The molecule has 0 radical (unpaired) electrons. The summed E-state index contributed by atoms with van der Waals surface area (Å²) in [7, 11) is 0. The Bertz CT molecular complexity index is 577. The summed E-state index contributed by atoms with van der Waals surface area (Å²) < 4.78 is 0. The van der Waals surface area contributed by atoms with Crippen LogP contribution >= 0.6 is 0 Å². The van der Waals surface area contributed by atoms with Gasteiger partial charge in [-0.3, -0.25) is 9.78 Å². The van der Waals surface area contributed by atoms with Crippen molar-refractivity contribution >= 4 is 5.91 Å². The molecule has 0 aliphatic rings. The molecule has 0 spiro atoms. The van der Waals surface area contributed by atoms with Crippen molar-refractivity contribution in [2.75, 3.05) is 13.1 Å². The highest BCUT2D eigenvalue weighted by Crippen LogP contribution is 2.23. The van der Waals surface area contributed by atoms with Crippen molar-refractivity contribution < 1.29 is 4.79 Å². The number of aromatic nitrogens is 1. The summed E-state index contributed by atoms with van der Waals surface area (Å²) in [4.78, 5) is 19.5. The van der Waals surface area contributed by atoms with Crippen molar-refractivity contribution in [2.45, 2.75) is 39.0 Å². The average molecular weight is 310 g/mol. The Morgan fingerprint density at radius 1 is 1.00 bits per heavy atom. The lowest BCUT2D eigenvalue weighted by molar-refractivity contribution is -0.133. The van der Waals surface area contributed by atoms with Gasteiger partial charge in [0.05, 0.1) is 5.92 Å². The van der Waals surface area contributed by atoms with E-state index >= 15 is 0 Å². The monoisotopic (exact) mass is 310 g/mol. The molecule has 0 fully saturated rings. The van der Waals surface area contributed by atoms with Gasteiger partial charge in [-0.15, -0.1) is 0 Å². The van der Waals surface area contributed by atoms with Crippen LogP contribution in [0.5, 0.6) is 0 Å². The van der Waals surface area contributed by atoms with E-state index in [-0.39, 0.29) is 11.8 Å². The number of amides is 1. The number of hydrogen-bond donors (Lipinski definition) is 0. The van der Waals surface area contributed by atoms with Gasteiger partial charge < -0.3 is 4.90 Å². The number of benzene rings is 1. The largest absolute Gasteiger partial charge is 0.342 e. The van der Waals surface area contributed by atoms with Crippen LogP contribution in [0.1, 0.15) is 43.9 Å². The maximum absolute atomic E-state index is 13.1. The first-order chi connectivity index (χ1) is 11.3. The second-order valence-electron chi connectivity index (χ2n) is 5.81. The summed E-state index contributed by atoms with van der Waals surface area (Å²) in [6.45, 7) is 5.87. The topological polar surface area (TPSA) is 33.2 Å². The van der Waals surface area contributed by atoms with E-state index in [2.05, 4.69) is 18.8 Å². The van der Waals surface area contributed by atoms with Crippen LogP contribution < -0.4 is 0 Å². The lowest BCUT2D eigenvalue weighted by Gasteiger charge is -2.27. The third-order valence-electron chi connectivity index (χ3n) is 3.94. The normalized spacial score (nSPS) is 11.9. The third-order valence-corrected chi connectivity index (χ3v) is 3.94. The minimum absolute atomic E-state index is 0.163. The maximum atomic E-state index is 13.1. The van der Waals surface area contributed by atoms with Gasteiger partial charge in [-0.25, -0.2) is 0 Å². The molecule has 3 heteroatoms. The van der Waals surface area contributed by atoms with Gasteiger partial charge in [-0.1, -0.05) is 50.2 Å². The molecule has 1 unspecified atom stereocenters. The molecule has 0 aliphatic heterocycles. The lowest BCUT2D eigenvalue weighted by Crippen LogP contribution is -2.37. The summed E-state index contributed by atoms with van der Waals surface area (Å²) in [5, 5.41) is 0. The van der Waals surface area contributed by atoms with Crippen molar-refractivity contribution in [3.63, 3.8) is 0 Å². The molecule has 23 heavy (non-hydrogen) atoms. The summed E-state index contributed by atoms with van der Waals surface area (Å²) in [5.41, 5.74) is 2.03. The van der Waals surface area contributed by atoms with Gasteiger partial charge in [-0.05, 0) is 30.5 Å². The molecule has 0 saturated heterocycles. The Kier molecular flexibility index (Phi) is 6.79. The summed E-state index contributed by atoms with van der Waals surface area (Å²) >= 11 is 0. The van der Waals surface area contributed by atoms with Gasteiger partial charge in [0.1, 0.15) is 0 Å². The van der Waals surface area contributed by atoms with Gasteiger partial charge >= 0.3 is 0 Å². The molecule has 1 aromatic heterocycles. The van der Waals surface area contributed by atoms with Gasteiger partial charge in [0.2, 0.25) is 5.91 Å². The highest BCUT2D eigenvalue weighted by molar-refractivity contribution is 5.84. The van der Waals surface area contributed by atoms with Gasteiger partial charge in [0.15, 0.2) is 0 Å². The quantitative estimate of drug-likeness (QED) is 0.737. The van der Waals surface area contributed by atoms with Crippen molar-refractivity contribution in [1.82, 2.24) is 9.88 Å². The summed E-state index contributed by atoms with van der Waals surface area (Å²) in [6.07, 6.45) is 4.40. The van der Waals surface area contributed by atoms with Gasteiger partial charge in [0, 0.05) is 31.4 Å². The van der Waals surface area contributed by atoms with Crippen LogP contribution in [-0.4, -0.2) is 28.9 Å². The fourth-order valence-corrected chi connectivity index (χ4v) is 2.85. The SMILES string of the molecule is CCCN(CCC)C(=O)C(Cc1ccccn1)c1ccccc1. The van der Waals surface area contributed by atoms with Crippen LogP contribution in [-0.2, 0) is 11.2 Å². The molecule has 1 atom stereocenters. The van der Waals surface area contributed by atoms with Gasteiger partial charge in [-0.2, -0.15) is 0 Å². The van der Waals surface area contributed by atoms with Crippen molar-refractivity contribution in [3.8, 4) is 0 Å². The molecular weight excluding hydrogens is 284 g/mol. The second kappa shape index (κ2) is 9.09. The van der Waals surface area contributed by atoms with Gasteiger partial charge in [0.25, 0.3) is 0 Å². The summed E-state index contributed by atoms with van der Waals surface area (Å²) in [6, 6.07) is 15.9. The zero-order valence-corrected chi connectivity index (χ0v) is 14.1. The van der Waals surface area contributed by atoms with E-state index in [9.17, 15) is 4.79 Å². The maximum Gasteiger partial charge on any atom is 0.230 e. The van der Waals surface area contributed by atoms with E-state index in [1.54, 1.807) is 6.20 Å². The number of pyridine rings is 1. The fraction of sp³-hybridized carbons (Fsp3) is 0.400. The van der Waals surface area contributed by atoms with Crippen LogP contribution in [0.25, 0.3) is 0 Å². The molecule has 1 aromatic carbocycles. The number of nitrogens with zero attached hydrogens (tertiary/aromatic N) is 2. The number of carbonyl (C=O) groups excluding carboxylic acids is 1. The number of hydrogen-bond acceptors (Lipinski definition) is 2. The molecular formula is C20H26N2O. The standard InChI is InChI=1S/C20H26N2O/c1-3-14-22(15-4-2)20(23)19(17-10-6-5-7-11-17)16-18-12-8-9-13-21-18/h5-13,19H,3-4,14-16H2,1-2H3. The zero-order chi connectivity index (χ0) is 16.5. The molecule has 0 bridgehead atoms. The Balaban J connectivity index is 2.27. The van der Waals surface area contributed by atoms with Crippen molar-refractivity contribution in [3.05, 3.63) is 66.0 Å². The second-order valence-corrected chi connectivity index (χ2v) is 5.81. The highest BCUT2D eigenvalue weighted by Gasteiger charge is 2.25. The first-order valence-electron chi connectivity index (χ1n) is 8.49. The molecule has 0 aliphatic carbocycles. The summed E-state index contributed by atoms with van der Waals surface area (Å²) in [5.74, 6) is 0.0507. The van der Waals surface area contributed by atoms with E-state index in [4.69, 9.17) is 0 Å². The minimum Gasteiger partial charge on any atom is -0.342 e.